The number of fused-ring (bicyclic) bond motifs is 1. The number of carbonyl (C=O) groups excluding carboxylic acids is 1. The summed E-state index contributed by atoms with van der Waals surface area (Å²) in [5.74, 6) is -0.350. The first kappa shape index (κ1) is 17.0. The number of anilines is 1. The molecule has 2 N–H and O–H groups in total. The monoisotopic (exact) mass is 356 g/mol. The van der Waals surface area contributed by atoms with Gasteiger partial charge in [0.05, 0.1) is 22.8 Å². The highest BCUT2D eigenvalue weighted by Crippen LogP contribution is 2.35. The fourth-order valence-electron chi connectivity index (χ4n) is 2.59. The molecule has 0 atom stereocenters. The second-order valence-corrected chi connectivity index (χ2v) is 5.93. The number of ether oxygens (including phenoxy) is 1. The molecule has 0 unspecified atom stereocenters. The fourth-order valence-corrected chi connectivity index (χ4v) is 2.80. The van der Waals surface area contributed by atoms with E-state index in [-0.39, 0.29) is 22.4 Å². The third kappa shape index (κ3) is 3.37. The molecule has 0 saturated carbocycles. The number of carbonyl (C=O) groups is 1. The molecular formula is C19H17ClN2O3. The Hall–Kier alpha value is -2.79. The van der Waals surface area contributed by atoms with Gasteiger partial charge in [0.1, 0.15) is 0 Å². The topological polar surface area (TPSA) is 71.5 Å². The van der Waals surface area contributed by atoms with Crippen molar-refractivity contribution >= 4 is 34.1 Å². The van der Waals surface area contributed by atoms with E-state index in [4.69, 9.17) is 16.3 Å². The SMILES string of the molecule is CCOc1cc(C(=O)Nc2ccc(C)c3ncccc23)cc(Cl)c1O. The minimum atomic E-state index is -0.350. The number of aromatic nitrogens is 1. The molecule has 0 saturated heterocycles. The molecule has 1 aromatic heterocycles. The van der Waals surface area contributed by atoms with E-state index >= 15 is 0 Å². The van der Waals surface area contributed by atoms with Crippen LogP contribution >= 0.6 is 11.6 Å². The van der Waals surface area contributed by atoms with Crippen LogP contribution in [0.1, 0.15) is 22.8 Å². The van der Waals surface area contributed by atoms with Crippen molar-refractivity contribution in [3.8, 4) is 11.5 Å². The Morgan fingerprint density at radius 3 is 2.88 bits per heavy atom. The van der Waals surface area contributed by atoms with Crippen molar-refractivity contribution in [1.82, 2.24) is 4.98 Å². The number of nitrogens with one attached hydrogen (secondary N) is 1. The Morgan fingerprint density at radius 1 is 1.32 bits per heavy atom. The Bertz CT molecular complexity index is 957. The molecule has 0 aliphatic heterocycles. The summed E-state index contributed by atoms with van der Waals surface area (Å²) in [6, 6.07) is 10.3. The zero-order valence-corrected chi connectivity index (χ0v) is 14.6. The summed E-state index contributed by atoms with van der Waals surface area (Å²) in [5.41, 5.74) is 2.81. The van der Waals surface area contributed by atoms with Gasteiger partial charge in [0.2, 0.25) is 0 Å². The highest BCUT2D eigenvalue weighted by atomic mass is 35.5. The summed E-state index contributed by atoms with van der Waals surface area (Å²) in [7, 11) is 0. The molecule has 128 valence electrons. The van der Waals surface area contributed by atoms with Crippen molar-refractivity contribution in [2.75, 3.05) is 11.9 Å². The Morgan fingerprint density at radius 2 is 2.12 bits per heavy atom. The summed E-state index contributed by atoms with van der Waals surface area (Å²) >= 11 is 6.00. The Kier molecular flexibility index (Phi) is 4.76. The molecule has 0 aliphatic rings. The van der Waals surface area contributed by atoms with Crippen LogP contribution in [0, 0.1) is 6.92 Å². The van der Waals surface area contributed by atoms with Gasteiger partial charge in [-0.25, -0.2) is 0 Å². The molecule has 0 fully saturated rings. The van der Waals surface area contributed by atoms with Gasteiger partial charge in [0.25, 0.3) is 5.91 Å². The number of aromatic hydroxyl groups is 1. The summed E-state index contributed by atoms with van der Waals surface area (Å²) in [4.78, 5) is 17.0. The highest BCUT2D eigenvalue weighted by Gasteiger charge is 2.15. The summed E-state index contributed by atoms with van der Waals surface area (Å²) < 4.78 is 5.32. The van der Waals surface area contributed by atoms with Crippen molar-refractivity contribution in [2.45, 2.75) is 13.8 Å². The van der Waals surface area contributed by atoms with Crippen LogP contribution < -0.4 is 10.1 Å². The van der Waals surface area contributed by atoms with E-state index in [9.17, 15) is 9.90 Å². The predicted octanol–water partition coefficient (Wildman–Crippen LogP) is 4.55. The van der Waals surface area contributed by atoms with Gasteiger partial charge in [0.15, 0.2) is 11.5 Å². The second kappa shape index (κ2) is 6.99. The number of halogens is 1. The standard InChI is InChI=1S/C19H17ClN2O3/c1-3-25-16-10-12(9-14(20)18(16)23)19(24)22-15-7-6-11(2)17-13(15)5-4-8-21-17/h4-10,23H,3H2,1-2H3,(H,22,24). The van der Waals surface area contributed by atoms with E-state index < -0.39 is 0 Å². The van der Waals surface area contributed by atoms with Crippen LogP contribution in [0.15, 0.2) is 42.6 Å². The van der Waals surface area contributed by atoms with Crippen molar-refractivity contribution in [1.29, 1.82) is 0 Å². The Labute approximate surface area is 150 Å². The number of rotatable bonds is 4. The van der Waals surface area contributed by atoms with Gasteiger partial charge < -0.3 is 15.2 Å². The normalized spacial score (nSPS) is 10.7. The average Bonchev–Trinajstić information content (AvgIpc) is 2.61. The first-order valence-corrected chi connectivity index (χ1v) is 8.20. The lowest BCUT2D eigenvalue weighted by atomic mass is 10.1. The molecule has 0 aliphatic carbocycles. The van der Waals surface area contributed by atoms with E-state index in [1.807, 2.05) is 31.2 Å². The molecular weight excluding hydrogens is 340 g/mol. The third-order valence-corrected chi connectivity index (χ3v) is 4.10. The molecule has 0 spiro atoms. The van der Waals surface area contributed by atoms with Crippen molar-refractivity contribution in [2.24, 2.45) is 0 Å². The first-order valence-electron chi connectivity index (χ1n) is 7.82. The summed E-state index contributed by atoms with van der Waals surface area (Å²) in [6.45, 7) is 4.10. The molecule has 3 aromatic rings. The molecule has 1 heterocycles. The van der Waals surface area contributed by atoms with Crippen LogP contribution in [0.3, 0.4) is 0 Å². The van der Waals surface area contributed by atoms with Gasteiger partial charge in [0, 0.05) is 17.1 Å². The number of aryl methyl sites for hydroxylation is 1. The van der Waals surface area contributed by atoms with Gasteiger partial charge in [-0.15, -0.1) is 0 Å². The average molecular weight is 357 g/mol. The molecule has 0 radical (unpaired) electrons. The molecule has 6 heteroatoms. The van der Waals surface area contributed by atoms with Gasteiger partial charge in [-0.05, 0) is 49.7 Å². The van der Waals surface area contributed by atoms with Crippen LogP contribution in [0.5, 0.6) is 11.5 Å². The lowest BCUT2D eigenvalue weighted by Crippen LogP contribution is -2.12. The largest absolute Gasteiger partial charge is 0.503 e. The number of benzene rings is 2. The van der Waals surface area contributed by atoms with Crippen molar-refractivity contribution in [3.05, 3.63) is 58.7 Å². The number of hydrogen-bond donors (Lipinski definition) is 2. The van der Waals surface area contributed by atoms with E-state index in [2.05, 4.69) is 10.3 Å². The van der Waals surface area contributed by atoms with Crippen LogP contribution in [0.2, 0.25) is 5.02 Å². The lowest BCUT2D eigenvalue weighted by molar-refractivity contribution is 0.102. The van der Waals surface area contributed by atoms with Gasteiger partial charge in [-0.2, -0.15) is 0 Å². The van der Waals surface area contributed by atoms with Crippen molar-refractivity contribution in [3.63, 3.8) is 0 Å². The number of nitrogens with zero attached hydrogens (tertiary/aromatic N) is 1. The number of phenols is 1. The zero-order chi connectivity index (χ0) is 18.0. The zero-order valence-electron chi connectivity index (χ0n) is 13.8. The van der Waals surface area contributed by atoms with Crippen LogP contribution in [-0.2, 0) is 0 Å². The van der Waals surface area contributed by atoms with E-state index in [0.717, 1.165) is 16.5 Å². The molecule has 5 nitrogen and oxygen atoms in total. The number of phenolic OH excluding ortho intramolecular Hbond substituents is 1. The van der Waals surface area contributed by atoms with E-state index in [1.54, 1.807) is 13.1 Å². The van der Waals surface area contributed by atoms with Crippen LogP contribution in [-0.4, -0.2) is 22.6 Å². The minimum absolute atomic E-state index is 0.0616. The maximum absolute atomic E-state index is 12.6. The van der Waals surface area contributed by atoms with Gasteiger partial charge >= 0.3 is 0 Å². The van der Waals surface area contributed by atoms with Crippen molar-refractivity contribution < 1.29 is 14.6 Å². The number of amides is 1. The lowest BCUT2D eigenvalue weighted by Gasteiger charge is -2.12. The van der Waals surface area contributed by atoms with E-state index in [1.165, 1.54) is 12.1 Å². The quantitative estimate of drug-likeness (QED) is 0.719. The first-order chi connectivity index (χ1) is 12.0. The summed E-state index contributed by atoms with van der Waals surface area (Å²) in [5, 5.41) is 13.7. The molecule has 2 aromatic carbocycles. The van der Waals surface area contributed by atoms with Gasteiger partial charge in [-0.3, -0.25) is 9.78 Å². The molecule has 3 rings (SSSR count). The maximum atomic E-state index is 12.6. The highest BCUT2D eigenvalue weighted by molar-refractivity contribution is 6.32. The molecule has 0 bridgehead atoms. The van der Waals surface area contributed by atoms with E-state index in [0.29, 0.717) is 17.9 Å². The molecule has 25 heavy (non-hydrogen) atoms. The minimum Gasteiger partial charge on any atom is -0.503 e. The predicted molar refractivity (Wildman–Crippen MR) is 98.7 cm³/mol. The summed E-state index contributed by atoms with van der Waals surface area (Å²) in [6.07, 6.45) is 1.72. The fraction of sp³-hybridized carbons (Fsp3) is 0.158. The third-order valence-electron chi connectivity index (χ3n) is 3.81. The number of hydrogen-bond acceptors (Lipinski definition) is 4. The van der Waals surface area contributed by atoms with Crippen LogP contribution in [0.4, 0.5) is 5.69 Å². The van der Waals surface area contributed by atoms with Gasteiger partial charge in [-0.1, -0.05) is 17.7 Å². The smallest absolute Gasteiger partial charge is 0.255 e. The molecule has 1 amide bonds. The maximum Gasteiger partial charge on any atom is 0.255 e. The Balaban J connectivity index is 1.97. The van der Waals surface area contributed by atoms with Crippen LogP contribution in [0.25, 0.3) is 10.9 Å². The number of pyridine rings is 1. The second-order valence-electron chi connectivity index (χ2n) is 5.52.